The molecular weight excluding hydrogens is 276 g/mol. The molecule has 0 aliphatic heterocycles. The van der Waals surface area contributed by atoms with Crippen LogP contribution in [0.15, 0.2) is 12.5 Å². The van der Waals surface area contributed by atoms with Crippen LogP contribution in [0, 0.1) is 5.92 Å². The maximum atomic E-state index is 12.0. The lowest BCUT2D eigenvalue weighted by molar-refractivity contribution is -0.129. The normalized spacial score (nSPS) is 12.0. The molecule has 1 aromatic heterocycles. The van der Waals surface area contributed by atoms with Crippen molar-refractivity contribution in [3.63, 3.8) is 0 Å². The Hall–Kier alpha value is -2.38. The van der Waals surface area contributed by atoms with Gasteiger partial charge in [0.05, 0.1) is 6.33 Å². The summed E-state index contributed by atoms with van der Waals surface area (Å²) in [5, 5.41) is 14.0. The van der Waals surface area contributed by atoms with E-state index in [4.69, 9.17) is 5.11 Å². The van der Waals surface area contributed by atoms with Crippen molar-refractivity contribution in [3.8, 4) is 0 Å². The predicted molar refractivity (Wildman–Crippen MR) is 74.6 cm³/mol. The van der Waals surface area contributed by atoms with Gasteiger partial charge in [0.1, 0.15) is 6.04 Å². The number of hydrogen-bond donors (Lipinski definition) is 3. The molecule has 0 saturated heterocycles. The number of aromatic nitrogens is 2. The van der Waals surface area contributed by atoms with Crippen molar-refractivity contribution in [2.75, 3.05) is 6.54 Å². The lowest BCUT2D eigenvalue weighted by Gasteiger charge is -2.20. The average Bonchev–Trinajstić information content (AvgIpc) is 2.84. The molecule has 0 bridgehead atoms. The highest BCUT2D eigenvalue weighted by Gasteiger charge is 2.22. The highest BCUT2D eigenvalue weighted by molar-refractivity contribution is 5.87. The van der Waals surface area contributed by atoms with Crippen LogP contribution >= 0.6 is 0 Å². The number of amides is 2. The lowest BCUT2D eigenvalue weighted by Crippen LogP contribution is -2.49. The minimum absolute atomic E-state index is 0.0271. The van der Waals surface area contributed by atoms with Gasteiger partial charge in [-0.3, -0.25) is 9.59 Å². The maximum Gasteiger partial charge on any atom is 0.356 e. The number of aromatic carboxylic acids is 1. The largest absolute Gasteiger partial charge is 0.476 e. The molecule has 0 aliphatic carbocycles. The first-order chi connectivity index (χ1) is 9.81. The van der Waals surface area contributed by atoms with Crippen LogP contribution in [0.1, 0.15) is 31.3 Å². The summed E-state index contributed by atoms with van der Waals surface area (Å²) in [6.45, 7) is 5.76. The Morgan fingerprint density at radius 3 is 2.52 bits per heavy atom. The first-order valence-corrected chi connectivity index (χ1v) is 6.61. The second-order valence-corrected chi connectivity index (χ2v) is 5.02. The Kier molecular flexibility index (Phi) is 5.89. The van der Waals surface area contributed by atoms with Crippen LogP contribution in [0.4, 0.5) is 0 Å². The van der Waals surface area contributed by atoms with Crippen LogP contribution in [0.5, 0.6) is 0 Å². The molecule has 1 heterocycles. The Morgan fingerprint density at radius 2 is 2.05 bits per heavy atom. The van der Waals surface area contributed by atoms with Gasteiger partial charge < -0.3 is 20.3 Å². The van der Waals surface area contributed by atoms with Gasteiger partial charge in [0, 0.05) is 26.2 Å². The van der Waals surface area contributed by atoms with Crippen molar-refractivity contribution in [2.24, 2.45) is 5.92 Å². The highest BCUT2D eigenvalue weighted by Crippen LogP contribution is 2.02. The Labute approximate surface area is 122 Å². The van der Waals surface area contributed by atoms with Gasteiger partial charge in [-0.05, 0) is 5.92 Å². The summed E-state index contributed by atoms with van der Waals surface area (Å²) < 4.78 is 1.58. The van der Waals surface area contributed by atoms with Crippen LogP contribution in [0.3, 0.4) is 0 Å². The van der Waals surface area contributed by atoms with Crippen LogP contribution in [0.25, 0.3) is 0 Å². The predicted octanol–water partition coefficient (Wildman–Crippen LogP) is -0.142. The Morgan fingerprint density at radius 1 is 1.38 bits per heavy atom. The van der Waals surface area contributed by atoms with Crippen LogP contribution < -0.4 is 10.6 Å². The zero-order valence-corrected chi connectivity index (χ0v) is 12.3. The number of nitrogens with one attached hydrogen (secondary N) is 2. The van der Waals surface area contributed by atoms with E-state index in [2.05, 4.69) is 15.6 Å². The summed E-state index contributed by atoms with van der Waals surface area (Å²) in [5.74, 6) is -1.65. The number of carboxylic acids is 1. The third kappa shape index (κ3) is 5.25. The van der Waals surface area contributed by atoms with Crippen LogP contribution in [0.2, 0.25) is 0 Å². The summed E-state index contributed by atoms with van der Waals surface area (Å²) in [7, 11) is 0. The van der Waals surface area contributed by atoms with Gasteiger partial charge in [-0.25, -0.2) is 9.78 Å². The molecule has 0 spiro atoms. The number of nitrogens with zero attached hydrogens (tertiary/aromatic N) is 2. The lowest BCUT2D eigenvalue weighted by atomic mass is 10.0. The molecule has 1 atom stereocenters. The Bertz CT molecular complexity index is 524. The van der Waals surface area contributed by atoms with Crippen LogP contribution in [-0.4, -0.2) is 45.0 Å². The Balaban J connectivity index is 2.47. The standard InChI is InChI=1S/C13H20N4O4/c1-8(2)11(16-9(3)18)12(19)14-4-5-17-6-10(13(20)21)15-7-17/h6-8,11H,4-5H2,1-3H3,(H,14,19)(H,16,18)(H,20,21). The third-order valence-electron chi connectivity index (χ3n) is 2.83. The van der Waals surface area contributed by atoms with Gasteiger partial charge in [-0.1, -0.05) is 13.8 Å². The minimum atomic E-state index is -1.09. The number of carbonyl (C=O) groups is 3. The van der Waals surface area contributed by atoms with Gasteiger partial charge in [-0.15, -0.1) is 0 Å². The summed E-state index contributed by atoms with van der Waals surface area (Å²) in [6, 6.07) is -0.583. The van der Waals surface area contributed by atoms with E-state index in [1.165, 1.54) is 19.4 Å². The zero-order valence-electron chi connectivity index (χ0n) is 12.3. The molecule has 0 aromatic carbocycles. The molecule has 21 heavy (non-hydrogen) atoms. The summed E-state index contributed by atoms with van der Waals surface area (Å²) in [6.07, 6.45) is 2.78. The van der Waals surface area contributed by atoms with Gasteiger partial charge in [-0.2, -0.15) is 0 Å². The molecule has 0 saturated carbocycles. The van der Waals surface area contributed by atoms with Gasteiger partial charge in [0.25, 0.3) is 0 Å². The maximum absolute atomic E-state index is 12.0. The quantitative estimate of drug-likeness (QED) is 0.648. The molecule has 0 radical (unpaired) electrons. The zero-order chi connectivity index (χ0) is 16.0. The molecule has 0 aliphatic rings. The van der Waals surface area contributed by atoms with E-state index >= 15 is 0 Å². The van der Waals surface area contributed by atoms with Gasteiger partial charge >= 0.3 is 5.97 Å². The summed E-state index contributed by atoms with van der Waals surface area (Å²) in [4.78, 5) is 37.4. The fourth-order valence-electron chi connectivity index (χ4n) is 1.76. The van der Waals surface area contributed by atoms with E-state index in [9.17, 15) is 14.4 Å². The number of imidazole rings is 1. The molecule has 0 fully saturated rings. The summed E-state index contributed by atoms with van der Waals surface area (Å²) in [5.41, 5.74) is -0.0420. The third-order valence-corrected chi connectivity index (χ3v) is 2.83. The first-order valence-electron chi connectivity index (χ1n) is 6.61. The van der Waals surface area contributed by atoms with Crippen molar-refractivity contribution >= 4 is 17.8 Å². The molecule has 116 valence electrons. The van der Waals surface area contributed by atoms with Crippen LogP contribution in [-0.2, 0) is 16.1 Å². The average molecular weight is 296 g/mol. The molecule has 2 amide bonds. The smallest absolute Gasteiger partial charge is 0.356 e. The first kappa shape index (κ1) is 16.7. The SMILES string of the molecule is CC(=O)NC(C(=O)NCCn1cnc(C(=O)O)c1)C(C)C. The van der Waals surface area contributed by atoms with Crippen molar-refractivity contribution < 1.29 is 19.5 Å². The topological polar surface area (TPSA) is 113 Å². The van der Waals surface area contributed by atoms with E-state index in [0.717, 1.165) is 0 Å². The van der Waals surface area contributed by atoms with E-state index in [-0.39, 0.29) is 23.4 Å². The highest BCUT2D eigenvalue weighted by atomic mass is 16.4. The van der Waals surface area contributed by atoms with Crippen molar-refractivity contribution in [2.45, 2.75) is 33.4 Å². The minimum Gasteiger partial charge on any atom is -0.476 e. The molecule has 1 rings (SSSR count). The number of rotatable bonds is 7. The molecule has 1 unspecified atom stereocenters. The van der Waals surface area contributed by atoms with Crippen molar-refractivity contribution in [1.29, 1.82) is 0 Å². The van der Waals surface area contributed by atoms with E-state index < -0.39 is 12.0 Å². The second-order valence-electron chi connectivity index (χ2n) is 5.02. The number of carbonyl (C=O) groups excluding carboxylic acids is 2. The van der Waals surface area contributed by atoms with Crippen molar-refractivity contribution in [1.82, 2.24) is 20.2 Å². The summed E-state index contributed by atoms with van der Waals surface area (Å²) >= 11 is 0. The fraction of sp³-hybridized carbons (Fsp3) is 0.538. The molecule has 8 heteroatoms. The van der Waals surface area contributed by atoms with Gasteiger partial charge in [0.2, 0.25) is 11.8 Å². The fourth-order valence-corrected chi connectivity index (χ4v) is 1.76. The monoisotopic (exact) mass is 296 g/mol. The molecule has 8 nitrogen and oxygen atoms in total. The number of hydrogen-bond acceptors (Lipinski definition) is 4. The molecule has 1 aromatic rings. The molecule has 3 N–H and O–H groups in total. The van der Waals surface area contributed by atoms with Gasteiger partial charge in [0.15, 0.2) is 5.69 Å². The van der Waals surface area contributed by atoms with E-state index in [1.807, 2.05) is 13.8 Å². The van der Waals surface area contributed by atoms with E-state index in [1.54, 1.807) is 4.57 Å². The molecular formula is C13H20N4O4. The number of carboxylic acid groups (broad SMARTS) is 1. The van der Waals surface area contributed by atoms with E-state index in [0.29, 0.717) is 13.1 Å². The second kappa shape index (κ2) is 7.41. The van der Waals surface area contributed by atoms with Crippen molar-refractivity contribution in [3.05, 3.63) is 18.2 Å².